The number of nitrogens with zero attached hydrogens (tertiary/aromatic N) is 5. The van der Waals surface area contributed by atoms with Crippen LogP contribution in [-0.4, -0.2) is 78.4 Å². The largest absolute Gasteiger partial charge is 0.477 e. The maximum absolute atomic E-state index is 12.8. The molecule has 11 nitrogen and oxygen atoms in total. The molecular formula is C16H21N7O4S. The summed E-state index contributed by atoms with van der Waals surface area (Å²) in [7, 11) is 0. The number of carbonyl (C=O) groups is 3. The maximum atomic E-state index is 12.8. The van der Waals surface area contributed by atoms with Crippen LogP contribution in [0.5, 0.6) is 0 Å². The average Bonchev–Trinajstić information content (AvgIpc) is 3.16. The van der Waals surface area contributed by atoms with E-state index < -0.39 is 17.9 Å². The number of amides is 2. The first-order chi connectivity index (χ1) is 13.4. The van der Waals surface area contributed by atoms with E-state index in [9.17, 15) is 19.5 Å². The summed E-state index contributed by atoms with van der Waals surface area (Å²) in [5.41, 5.74) is 0.0999. The molecule has 3 aliphatic rings. The second-order valence-electron chi connectivity index (χ2n) is 7.29. The van der Waals surface area contributed by atoms with Crippen LogP contribution in [0.1, 0.15) is 13.8 Å². The maximum Gasteiger partial charge on any atom is 0.353 e. The van der Waals surface area contributed by atoms with Crippen LogP contribution >= 0.6 is 11.8 Å². The molecule has 150 valence electrons. The first-order valence-electron chi connectivity index (χ1n) is 9.06. The van der Waals surface area contributed by atoms with Crippen molar-refractivity contribution in [1.82, 2.24) is 35.7 Å². The van der Waals surface area contributed by atoms with Gasteiger partial charge in [0.25, 0.3) is 0 Å². The molecule has 4 atom stereocenters. The van der Waals surface area contributed by atoms with Gasteiger partial charge in [0.2, 0.25) is 11.8 Å². The predicted octanol–water partition coefficient (Wildman–Crippen LogP) is -1.34. The van der Waals surface area contributed by atoms with E-state index in [1.54, 1.807) is 18.7 Å². The van der Waals surface area contributed by atoms with Crippen LogP contribution in [0.4, 0.5) is 0 Å². The molecule has 3 N–H and O–H groups in total. The van der Waals surface area contributed by atoms with Crippen LogP contribution in [0, 0.1) is 11.8 Å². The molecule has 1 unspecified atom stereocenters. The molecule has 12 heteroatoms. The molecule has 0 spiro atoms. The normalized spacial score (nSPS) is 27.9. The second-order valence-corrected chi connectivity index (χ2v) is 8.64. The summed E-state index contributed by atoms with van der Waals surface area (Å²) >= 11 is 1.55. The van der Waals surface area contributed by atoms with Gasteiger partial charge in [0, 0.05) is 35.2 Å². The van der Waals surface area contributed by atoms with Gasteiger partial charge in [-0.2, -0.15) is 0 Å². The zero-order valence-corrected chi connectivity index (χ0v) is 16.2. The average molecular weight is 407 g/mol. The van der Waals surface area contributed by atoms with Gasteiger partial charge in [-0.1, -0.05) is 6.92 Å². The van der Waals surface area contributed by atoms with Crippen molar-refractivity contribution in [2.75, 3.05) is 13.1 Å². The number of tetrazole rings is 1. The molecule has 2 amide bonds. The molecule has 0 aliphatic carbocycles. The molecule has 2 saturated heterocycles. The zero-order valence-electron chi connectivity index (χ0n) is 15.4. The van der Waals surface area contributed by atoms with Crippen molar-refractivity contribution in [2.45, 2.75) is 37.7 Å². The van der Waals surface area contributed by atoms with E-state index in [0.29, 0.717) is 5.25 Å². The second kappa shape index (κ2) is 7.17. The standard InChI is InChI=1S/C16H21N7O4S/c1-7-12-11(8(2)19-10(24)5-22-6-18-20-21-22)15(25)23(12)13(16(26)27)14(7)28-9-3-17-4-9/h6-9,11-12,17H,3-5H2,1-2H3,(H,19,24)(H,26,27)/t7-,8?,11-,12-/m1/s1. The van der Waals surface area contributed by atoms with Crippen molar-refractivity contribution in [3.8, 4) is 0 Å². The number of fused-ring (bicyclic) bond motifs is 1. The molecule has 1 aromatic heterocycles. The minimum Gasteiger partial charge on any atom is -0.477 e. The van der Waals surface area contributed by atoms with E-state index in [4.69, 9.17) is 0 Å². The summed E-state index contributed by atoms with van der Waals surface area (Å²) in [6, 6.07) is -0.678. The minimum atomic E-state index is -1.08. The smallest absolute Gasteiger partial charge is 0.353 e. The number of aliphatic carboxylic acids is 1. The number of hydrogen-bond acceptors (Lipinski definition) is 8. The van der Waals surface area contributed by atoms with Crippen molar-refractivity contribution in [1.29, 1.82) is 0 Å². The Balaban J connectivity index is 1.46. The Morgan fingerprint density at radius 3 is 2.79 bits per heavy atom. The number of thioether (sulfide) groups is 1. The van der Waals surface area contributed by atoms with Crippen LogP contribution in [0.15, 0.2) is 16.9 Å². The Labute approximate surface area is 164 Å². The van der Waals surface area contributed by atoms with Gasteiger partial charge in [-0.05, 0) is 17.4 Å². The first kappa shape index (κ1) is 18.9. The highest BCUT2D eigenvalue weighted by atomic mass is 32.2. The number of carboxylic acids is 1. The van der Waals surface area contributed by atoms with E-state index in [2.05, 4.69) is 26.2 Å². The zero-order chi connectivity index (χ0) is 20.0. The van der Waals surface area contributed by atoms with Crippen LogP contribution in [-0.2, 0) is 20.9 Å². The van der Waals surface area contributed by atoms with Gasteiger partial charge in [0.1, 0.15) is 18.6 Å². The fraction of sp³-hybridized carbons (Fsp3) is 0.625. The molecule has 2 fully saturated rings. The molecule has 0 aromatic carbocycles. The lowest BCUT2D eigenvalue weighted by Crippen LogP contribution is -2.66. The fourth-order valence-electron chi connectivity index (χ4n) is 4.01. The third-order valence-corrected chi connectivity index (χ3v) is 6.94. The molecule has 4 heterocycles. The Kier molecular flexibility index (Phi) is 4.83. The lowest BCUT2D eigenvalue weighted by Gasteiger charge is -2.47. The Hall–Kier alpha value is -2.47. The quantitative estimate of drug-likeness (QED) is 0.468. The van der Waals surface area contributed by atoms with Crippen molar-refractivity contribution in [3.05, 3.63) is 16.9 Å². The van der Waals surface area contributed by atoms with Gasteiger partial charge in [0.15, 0.2) is 0 Å². The molecule has 0 saturated carbocycles. The molecule has 4 rings (SSSR count). The Morgan fingerprint density at radius 1 is 1.46 bits per heavy atom. The number of hydrogen-bond donors (Lipinski definition) is 3. The topological polar surface area (TPSA) is 142 Å². The van der Waals surface area contributed by atoms with Gasteiger partial charge in [-0.3, -0.25) is 9.59 Å². The monoisotopic (exact) mass is 407 g/mol. The van der Waals surface area contributed by atoms with E-state index in [-0.39, 0.29) is 36.0 Å². The number of carboxylic acid groups (broad SMARTS) is 1. The van der Waals surface area contributed by atoms with Crippen LogP contribution in [0.2, 0.25) is 0 Å². The van der Waals surface area contributed by atoms with Crippen LogP contribution in [0.3, 0.4) is 0 Å². The summed E-state index contributed by atoms with van der Waals surface area (Å²) < 4.78 is 1.29. The van der Waals surface area contributed by atoms with Gasteiger partial charge in [-0.15, -0.1) is 16.9 Å². The molecule has 3 aliphatic heterocycles. The first-order valence-corrected chi connectivity index (χ1v) is 9.94. The van der Waals surface area contributed by atoms with Crippen LogP contribution < -0.4 is 10.6 Å². The van der Waals surface area contributed by atoms with Gasteiger partial charge < -0.3 is 20.6 Å². The van der Waals surface area contributed by atoms with Crippen molar-refractivity contribution < 1.29 is 19.5 Å². The van der Waals surface area contributed by atoms with Crippen molar-refractivity contribution >= 4 is 29.5 Å². The number of β-lactam (4-membered cyclic amide) rings is 1. The van der Waals surface area contributed by atoms with E-state index in [0.717, 1.165) is 18.0 Å². The summed E-state index contributed by atoms with van der Waals surface area (Å²) in [5.74, 6) is -2.19. The minimum absolute atomic E-state index is 0.0450. The van der Waals surface area contributed by atoms with Gasteiger partial charge in [0.05, 0.1) is 12.0 Å². The summed E-state index contributed by atoms with van der Waals surface area (Å²) in [5, 5.41) is 26.6. The molecule has 0 radical (unpaired) electrons. The highest BCUT2D eigenvalue weighted by Crippen LogP contribution is 2.51. The fourth-order valence-corrected chi connectivity index (χ4v) is 5.42. The Morgan fingerprint density at radius 2 is 2.21 bits per heavy atom. The van der Waals surface area contributed by atoms with E-state index >= 15 is 0 Å². The SMILES string of the molecule is CC(NC(=O)Cn1cnnn1)[C@H]1C(=O)N2C(C(=O)O)=C(SC3CNC3)[C@H](C)[C@H]12. The highest BCUT2D eigenvalue weighted by molar-refractivity contribution is 8.03. The third-order valence-electron chi connectivity index (χ3n) is 5.45. The lowest BCUT2D eigenvalue weighted by molar-refractivity contribution is -0.158. The summed E-state index contributed by atoms with van der Waals surface area (Å²) in [6.07, 6.45) is 1.33. The highest BCUT2D eigenvalue weighted by Gasteiger charge is 2.60. The lowest BCUT2D eigenvalue weighted by atomic mass is 9.78. The third kappa shape index (κ3) is 3.05. The number of carbonyl (C=O) groups excluding carboxylic acids is 2. The van der Waals surface area contributed by atoms with Gasteiger partial charge >= 0.3 is 5.97 Å². The summed E-state index contributed by atoms with van der Waals surface area (Å²) in [4.78, 5) is 39.0. The Bertz CT molecular complexity index is 838. The number of rotatable bonds is 7. The predicted molar refractivity (Wildman–Crippen MR) is 97.6 cm³/mol. The van der Waals surface area contributed by atoms with Crippen molar-refractivity contribution in [3.63, 3.8) is 0 Å². The van der Waals surface area contributed by atoms with E-state index in [1.807, 2.05) is 6.92 Å². The number of nitrogens with one attached hydrogen (secondary N) is 2. The van der Waals surface area contributed by atoms with Gasteiger partial charge in [-0.25, -0.2) is 9.48 Å². The summed E-state index contributed by atoms with van der Waals surface area (Å²) in [6.45, 7) is 5.35. The van der Waals surface area contributed by atoms with E-state index in [1.165, 1.54) is 15.9 Å². The van der Waals surface area contributed by atoms with Crippen LogP contribution in [0.25, 0.3) is 0 Å². The van der Waals surface area contributed by atoms with Crippen molar-refractivity contribution in [2.24, 2.45) is 11.8 Å². The molecular weight excluding hydrogens is 386 g/mol. The molecule has 1 aromatic rings. The number of aromatic nitrogens is 4. The molecule has 0 bridgehead atoms. The molecule has 28 heavy (non-hydrogen) atoms.